The zero-order chi connectivity index (χ0) is 17.6. The summed E-state index contributed by atoms with van der Waals surface area (Å²) in [6, 6.07) is 14.6. The molecule has 2 aromatic rings. The molecular weight excluding hydrogens is 319 g/mol. The van der Waals surface area contributed by atoms with E-state index in [0.717, 1.165) is 36.5 Å². The van der Waals surface area contributed by atoms with Crippen LogP contribution in [0.4, 0.5) is 4.39 Å². The zero-order valence-corrected chi connectivity index (χ0v) is 14.5. The molecular formula is C20H25FN2O2. The second-order valence-corrected chi connectivity index (χ2v) is 6.47. The van der Waals surface area contributed by atoms with Crippen molar-refractivity contribution in [1.29, 1.82) is 0 Å². The molecule has 0 aromatic heterocycles. The van der Waals surface area contributed by atoms with Crippen LogP contribution in [0.2, 0.25) is 0 Å². The van der Waals surface area contributed by atoms with Gasteiger partial charge < -0.3 is 15.2 Å². The molecule has 2 N–H and O–H groups in total. The van der Waals surface area contributed by atoms with Gasteiger partial charge in [0.2, 0.25) is 0 Å². The van der Waals surface area contributed by atoms with E-state index in [-0.39, 0.29) is 18.5 Å². The third kappa shape index (κ3) is 4.57. The molecule has 1 fully saturated rings. The van der Waals surface area contributed by atoms with Crippen LogP contribution < -0.4 is 10.1 Å². The van der Waals surface area contributed by atoms with Gasteiger partial charge in [0.05, 0.1) is 12.6 Å². The van der Waals surface area contributed by atoms with Gasteiger partial charge in [0.15, 0.2) is 0 Å². The van der Waals surface area contributed by atoms with E-state index >= 15 is 0 Å². The minimum absolute atomic E-state index is 0.00301. The Hall–Kier alpha value is -1.95. The van der Waals surface area contributed by atoms with E-state index in [1.165, 1.54) is 12.1 Å². The molecule has 1 aliphatic rings. The van der Waals surface area contributed by atoms with Gasteiger partial charge in [0.25, 0.3) is 0 Å². The molecule has 1 heterocycles. The van der Waals surface area contributed by atoms with Crippen molar-refractivity contribution in [2.24, 2.45) is 0 Å². The Labute approximate surface area is 148 Å². The summed E-state index contributed by atoms with van der Waals surface area (Å²) in [4.78, 5) is 2.34. The minimum Gasteiger partial charge on any atom is -0.489 e. The number of ether oxygens (including phenoxy) is 1. The van der Waals surface area contributed by atoms with Gasteiger partial charge >= 0.3 is 0 Å². The predicted octanol–water partition coefficient (Wildman–Crippen LogP) is 2.73. The Morgan fingerprint density at radius 3 is 2.56 bits per heavy atom. The minimum atomic E-state index is -0.245. The summed E-state index contributed by atoms with van der Waals surface area (Å²) < 4.78 is 18.7. The molecule has 134 valence electrons. The molecule has 1 aliphatic heterocycles. The fourth-order valence-electron chi connectivity index (χ4n) is 3.26. The maximum Gasteiger partial charge on any atom is 0.123 e. The molecule has 0 aliphatic carbocycles. The summed E-state index contributed by atoms with van der Waals surface area (Å²) in [5.41, 5.74) is 2.01. The number of hydrogen-bond donors (Lipinski definition) is 2. The standard InChI is InChI=1S/C20H25FN2O2/c1-15-12-22-10-11-23(15)20(13-24)17-4-8-19(9-5-17)25-14-16-2-6-18(21)7-3-16/h2-9,15,20,22,24H,10-14H2,1H3. The third-order valence-electron chi connectivity index (χ3n) is 4.71. The van der Waals surface area contributed by atoms with Gasteiger partial charge in [-0.2, -0.15) is 0 Å². The number of aliphatic hydroxyl groups excluding tert-OH is 1. The lowest BCUT2D eigenvalue weighted by Gasteiger charge is -2.39. The number of benzene rings is 2. The Kier molecular flexibility index (Phi) is 6.02. The molecule has 2 atom stereocenters. The highest BCUT2D eigenvalue weighted by Crippen LogP contribution is 2.25. The Bertz CT molecular complexity index is 660. The van der Waals surface area contributed by atoms with Gasteiger partial charge in [0.1, 0.15) is 18.2 Å². The fraction of sp³-hybridized carbons (Fsp3) is 0.400. The average Bonchev–Trinajstić information content (AvgIpc) is 2.64. The summed E-state index contributed by atoms with van der Waals surface area (Å²) >= 11 is 0. The molecule has 0 saturated carbocycles. The predicted molar refractivity (Wildman–Crippen MR) is 96.0 cm³/mol. The van der Waals surface area contributed by atoms with Crippen LogP contribution >= 0.6 is 0 Å². The smallest absolute Gasteiger partial charge is 0.123 e. The van der Waals surface area contributed by atoms with Crippen LogP contribution in [-0.2, 0) is 6.61 Å². The highest BCUT2D eigenvalue weighted by atomic mass is 19.1. The van der Waals surface area contributed by atoms with E-state index < -0.39 is 0 Å². The molecule has 1 saturated heterocycles. The highest BCUT2D eigenvalue weighted by Gasteiger charge is 2.26. The molecule has 2 unspecified atom stereocenters. The summed E-state index contributed by atoms with van der Waals surface area (Å²) in [5.74, 6) is 0.517. The summed E-state index contributed by atoms with van der Waals surface area (Å²) in [6.07, 6.45) is 0. The normalized spacial score (nSPS) is 19.6. The lowest BCUT2D eigenvalue weighted by molar-refractivity contribution is 0.0723. The van der Waals surface area contributed by atoms with Crippen LogP contribution in [0.25, 0.3) is 0 Å². The SMILES string of the molecule is CC1CNCCN1C(CO)c1ccc(OCc2ccc(F)cc2)cc1. The van der Waals surface area contributed by atoms with E-state index in [0.29, 0.717) is 12.6 Å². The summed E-state index contributed by atoms with van der Waals surface area (Å²) in [7, 11) is 0. The first-order chi connectivity index (χ1) is 12.2. The molecule has 5 heteroatoms. The molecule has 2 aromatic carbocycles. The third-order valence-corrected chi connectivity index (χ3v) is 4.71. The van der Waals surface area contributed by atoms with Crippen LogP contribution in [-0.4, -0.2) is 42.3 Å². The second kappa shape index (κ2) is 8.43. The van der Waals surface area contributed by atoms with Gasteiger partial charge in [-0.25, -0.2) is 4.39 Å². The molecule has 4 nitrogen and oxygen atoms in total. The molecule has 0 spiro atoms. The average molecular weight is 344 g/mol. The topological polar surface area (TPSA) is 44.7 Å². The van der Waals surface area contributed by atoms with Crippen LogP contribution in [0, 0.1) is 5.82 Å². The van der Waals surface area contributed by atoms with Crippen molar-refractivity contribution in [1.82, 2.24) is 10.2 Å². The monoisotopic (exact) mass is 344 g/mol. The Morgan fingerprint density at radius 1 is 1.20 bits per heavy atom. The van der Waals surface area contributed by atoms with E-state index in [9.17, 15) is 9.50 Å². The number of nitrogens with one attached hydrogen (secondary N) is 1. The van der Waals surface area contributed by atoms with Crippen molar-refractivity contribution < 1.29 is 14.2 Å². The number of rotatable bonds is 6. The first kappa shape index (κ1) is 17.9. The van der Waals surface area contributed by atoms with E-state index in [2.05, 4.69) is 17.1 Å². The molecule has 25 heavy (non-hydrogen) atoms. The van der Waals surface area contributed by atoms with E-state index in [4.69, 9.17) is 4.74 Å². The lowest BCUT2D eigenvalue weighted by atomic mass is 10.0. The number of nitrogens with zero attached hydrogens (tertiary/aromatic N) is 1. The van der Waals surface area contributed by atoms with Crippen molar-refractivity contribution in [2.75, 3.05) is 26.2 Å². The second-order valence-electron chi connectivity index (χ2n) is 6.47. The number of aliphatic hydroxyl groups is 1. The van der Waals surface area contributed by atoms with Crippen molar-refractivity contribution in [3.63, 3.8) is 0 Å². The maximum atomic E-state index is 12.9. The first-order valence-corrected chi connectivity index (χ1v) is 8.72. The first-order valence-electron chi connectivity index (χ1n) is 8.72. The zero-order valence-electron chi connectivity index (χ0n) is 14.5. The molecule has 0 amide bonds. The van der Waals surface area contributed by atoms with Gasteiger partial charge in [-0.15, -0.1) is 0 Å². The van der Waals surface area contributed by atoms with E-state index in [1.54, 1.807) is 12.1 Å². The van der Waals surface area contributed by atoms with Crippen molar-refractivity contribution in [2.45, 2.75) is 25.6 Å². The van der Waals surface area contributed by atoms with Gasteiger partial charge in [-0.05, 0) is 42.3 Å². The van der Waals surface area contributed by atoms with Crippen molar-refractivity contribution in [3.8, 4) is 5.75 Å². The molecule has 3 rings (SSSR count). The Balaban J connectivity index is 1.63. The maximum absolute atomic E-state index is 12.9. The van der Waals surface area contributed by atoms with Gasteiger partial charge in [0, 0.05) is 25.7 Å². The van der Waals surface area contributed by atoms with Crippen LogP contribution in [0.15, 0.2) is 48.5 Å². The lowest BCUT2D eigenvalue weighted by Crippen LogP contribution is -2.51. The summed E-state index contributed by atoms with van der Waals surface area (Å²) in [5, 5.41) is 13.2. The van der Waals surface area contributed by atoms with Crippen LogP contribution in [0.1, 0.15) is 24.1 Å². The fourth-order valence-corrected chi connectivity index (χ4v) is 3.26. The largest absolute Gasteiger partial charge is 0.489 e. The van der Waals surface area contributed by atoms with Gasteiger partial charge in [-0.1, -0.05) is 24.3 Å². The number of hydrogen-bond acceptors (Lipinski definition) is 4. The van der Waals surface area contributed by atoms with Crippen LogP contribution in [0.3, 0.4) is 0 Å². The summed E-state index contributed by atoms with van der Waals surface area (Å²) in [6.45, 7) is 5.48. The van der Waals surface area contributed by atoms with E-state index in [1.807, 2.05) is 24.3 Å². The Morgan fingerprint density at radius 2 is 1.92 bits per heavy atom. The number of halogens is 1. The number of piperazine rings is 1. The molecule has 0 radical (unpaired) electrons. The van der Waals surface area contributed by atoms with Crippen LogP contribution in [0.5, 0.6) is 5.75 Å². The van der Waals surface area contributed by atoms with Crippen molar-refractivity contribution in [3.05, 3.63) is 65.5 Å². The van der Waals surface area contributed by atoms with Gasteiger partial charge in [-0.3, -0.25) is 4.90 Å². The highest BCUT2D eigenvalue weighted by molar-refractivity contribution is 5.30. The quantitative estimate of drug-likeness (QED) is 0.846. The van der Waals surface area contributed by atoms with Crippen molar-refractivity contribution >= 4 is 0 Å². The molecule has 0 bridgehead atoms.